The number of aryl methyl sites for hydroxylation is 1. The van der Waals surface area contributed by atoms with Gasteiger partial charge < -0.3 is 30.3 Å². The van der Waals surface area contributed by atoms with Gasteiger partial charge in [0.25, 0.3) is 11.5 Å². The van der Waals surface area contributed by atoms with E-state index in [4.69, 9.17) is 9.47 Å². The van der Waals surface area contributed by atoms with Crippen LogP contribution in [0.25, 0.3) is 0 Å². The van der Waals surface area contributed by atoms with Crippen molar-refractivity contribution in [2.45, 2.75) is 64.6 Å². The highest BCUT2D eigenvalue weighted by Gasteiger charge is 2.47. The number of ether oxygens (including phenoxy) is 2. The van der Waals surface area contributed by atoms with Crippen molar-refractivity contribution >= 4 is 35.2 Å². The van der Waals surface area contributed by atoms with Gasteiger partial charge in [0.05, 0.1) is 7.11 Å². The maximum Gasteiger partial charge on any atom is 0.410 e. The van der Waals surface area contributed by atoms with Gasteiger partial charge in [-0.1, -0.05) is 0 Å². The fourth-order valence-corrected chi connectivity index (χ4v) is 5.02. The van der Waals surface area contributed by atoms with Crippen LogP contribution in [0.1, 0.15) is 62.5 Å². The number of piperidine rings is 1. The van der Waals surface area contributed by atoms with E-state index in [2.05, 4.69) is 25.9 Å². The number of hydrogen-bond acceptors (Lipinski definition) is 9. The lowest BCUT2D eigenvalue weighted by atomic mass is 9.97. The molecule has 2 aliphatic heterocycles. The molecule has 1 saturated heterocycles. The number of amides is 3. The van der Waals surface area contributed by atoms with Crippen LogP contribution in [0.2, 0.25) is 0 Å². The highest BCUT2D eigenvalue weighted by Crippen LogP contribution is 2.37. The number of anilines is 3. The van der Waals surface area contributed by atoms with Crippen molar-refractivity contribution in [2.24, 2.45) is 5.92 Å². The van der Waals surface area contributed by atoms with E-state index in [9.17, 15) is 19.2 Å². The molecule has 0 unspecified atom stereocenters. The van der Waals surface area contributed by atoms with Crippen LogP contribution in [0.3, 0.4) is 0 Å². The summed E-state index contributed by atoms with van der Waals surface area (Å²) in [6.45, 7) is 7.78. The normalized spacial score (nSPS) is 17.9. The third-order valence-electron chi connectivity index (χ3n) is 7.07. The van der Waals surface area contributed by atoms with E-state index in [0.29, 0.717) is 31.5 Å². The number of fused-ring (bicyclic) bond motifs is 2. The Balaban J connectivity index is 1.44. The Hall–Kier alpha value is -4.16. The molecular formula is C26H33N7O6. The van der Waals surface area contributed by atoms with E-state index >= 15 is 0 Å². The number of nitrogens with zero attached hydrogens (tertiary/aromatic N) is 4. The summed E-state index contributed by atoms with van der Waals surface area (Å²) in [5.41, 5.74) is -0.983. The molecule has 2 fully saturated rings. The van der Waals surface area contributed by atoms with Crippen LogP contribution in [0.5, 0.6) is 5.75 Å². The highest BCUT2D eigenvalue weighted by atomic mass is 16.6. The Bertz CT molecular complexity index is 1400. The lowest BCUT2D eigenvalue weighted by molar-refractivity contribution is -0.117. The van der Waals surface area contributed by atoms with Gasteiger partial charge >= 0.3 is 6.09 Å². The average molecular weight is 540 g/mol. The van der Waals surface area contributed by atoms with Gasteiger partial charge in [0.15, 0.2) is 11.6 Å². The van der Waals surface area contributed by atoms with Crippen LogP contribution >= 0.6 is 0 Å². The monoisotopic (exact) mass is 539 g/mol. The molecule has 1 spiro atoms. The Morgan fingerprint density at radius 2 is 1.79 bits per heavy atom. The first-order valence-electron chi connectivity index (χ1n) is 13.0. The summed E-state index contributed by atoms with van der Waals surface area (Å²) in [4.78, 5) is 61.7. The van der Waals surface area contributed by atoms with Crippen LogP contribution in [0, 0.1) is 12.8 Å². The Labute approximate surface area is 225 Å². The zero-order valence-electron chi connectivity index (χ0n) is 22.7. The number of hydrogen-bond donors (Lipinski definition) is 3. The van der Waals surface area contributed by atoms with Crippen molar-refractivity contribution in [1.82, 2.24) is 24.8 Å². The molecule has 3 aliphatic rings. The third kappa shape index (κ3) is 5.00. The van der Waals surface area contributed by atoms with Crippen molar-refractivity contribution < 1.29 is 23.9 Å². The number of pyridine rings is 1. The first kappa shape index (κ1) is 26.4. The molecule has 13 heteroatoms. The minimum absolute atomic E-state index is 0.0342. The molecule has 1 aliphatic carbocycles. The van der Waals surface area contributed by atoms with Gasteiger partial charge in [0.2, 0.25) is 11.7 Å². The van der Waals surface area contributed by atoms with Gasteiger partial charge in [0, 0.05) is 31.8 Å². The van der Waals surface area contributed by atoms with Gasteiger partial charge in [-0.15, -0.1) is 0 Å². The van der Waals surface area contributed by atoms with E-state index in [1.54, 1.807) is 38.7 Å². The van der Waals surface area contributed by atoms with Crippen molar-refractivity contribution in [3.63, 3.8) is 0 Å². The van der Waals surface area contributed by atoms with Gasteiger partial charge in [-0.3, -0.25) is 19.0 Å². The molecule has 13 nitrogen and oxygen atoms in total. The summed E-state index contributed by atoms with van der Waals surface area (Å²) in [7, 11) is 1.42. The van der Waals surface area contributed by atoms with E-state index in [1.165, 1.54) is 18.0 Å². The lowest BCUT2D eigenvalue weighted by Gasteiger charge is -2.40. The topological polar surface area (TPSA) is 157 Å². The van der Waals surface area contributed by atoms with Gasteiger partial charge in [-0.05, 0) is 52.2 Å². The number of carbonyl (C=O) groups excluding carboxylic acids is 3. The van der Waals surface area contributed by atoms with E-state index in [0.717, 1.165) is 12.8 Å². The Morgan fingerprint density at radius 3 is 2.41 bits per heavy atom. The SMILES string of the molecule is COc1c(NC(=O)C2CC2)ncnc1Nc1cc(C)c2n(c1=O)C1(CCN(C(=O)OC(C)(C)C)CC1)NC2=O. The molecule has 2 aromatic rings. The second-order valence-electron chi connectivity index (χ2n) is 11.2. The molecule has 39 heavy (non-hydrogen) atoms. The predicted molar refractivity (Wildman–Crippen MR) is 141 cm³/mol. The van der Waals surface area contributed by atoms with E-state index in [1.807, 2.05) is 0 Å². The summed E-state index contributed by atoms with van der Waals surface area (Å²) in [6.07, 6.45) is 3.17. The summed E-state index contributed by atoms with van der Waals surface area (Å²) in [5.74, 6) is 0.0633. The number of likely N-dealkylation sites (tertiary alicyclic amines) is 1. The summed E-state index contributed by atoms with van der Waals surface area (Å²) in [5, 5.41) is 8.79. The zero-order chi connectivity index (χ0) is 28.1. The fourth-order valence-electron chi connectivity index (χ4n) is 5.02. The molecule has 3 N–H and O–H groups in total. The number of nitrogens with one attached hydrogen (secondary N) is 3. The molecule has 2 aromatic heterocycles. The summed E-state index contributed by atoms with van der Waals surface area (Å²) in [6, 6.07) is 1.59. The second kappa shape index (κ2) is 9.54. The van der Waals surface area contributed by atoms with E-state index < -0.39 is 22.9 Å². The molecule has 208 valence electrons. The van der Waals surface area contributed by atoms with Gasteiger partial charge in [0.1, 0.15) is 29.0 Å². The molecule has 0 bridgehead atoms. The molecule has 0 radical (unpaired) electrons. The van der Waals surface area contributed by atoms with E-state index in [-0.39, 0.29) is 46.5 Å². The summed E-state index contributed by atoms with van der Waals surface area (Å²) >= 11 is 0. The number of carbonyl (C=O) groups is 3. The second-order valence-corrected chi connectivity index (χ2v) is 11.2. The number of rotatable bonds is 5. The standard InChI is InChI=1S/C26H33N7O6/c1-14-12-16(29-19-18(38-5)20(28-13-27-19)30-21(34)15-6-7-15)23(36)33-17(14)22(35)31-26(33)8-10-32(11-9-26)24(37)39-25(2,3)4/h12-13,15H,6-11H2,1-5H3,(H,31,35)(H2,27,28,29,30,34). The number of methoxy groups -OCH3 is 1. The molecule has 5 rings (SSSR count). The number of aromatic nitrogens is 3. The third-order valence-corrected chi connectivity index (χ3v) is 7.07. The zero-order valence-corrected chi connectivity index (χ0v) is 22.7. The van der Waals surface area contributed by atoms with Crippen LogP contribution in [-0.4, -0.2) is 63.1 Å². The maximum absolute atomic E-state index is 13.8. The van der Waals surface area contributed by atoms with Crippen LogP contribution in [0.15, 0.2) is 17.2 Å². The van der Waals surface area contributed by atoms with Gasteiger partial charge in [-0.25, -0.2) is 14.8 Å². The molecule has 4 heterocycles. The average Bonchev–Trinajstić information content (AvgIpc) is 3.67. The van der Waals surface area contributed by atoms with Gasteiger partial charge in [-0.2, -0.15) is 0 Å². The maximum atomic E-state index is 13.8. The Morgan fingerprint density at radius 1 is 1.13 bits per heavy atom. The molecule has 3 amide bonds. The van der Waals surface area contributed by atoms with Crippen LogP contribution in [-0.2, 0) is 15.2 Å². The molecule has 0 aromatic carbocycles. The molecule has 1 saturated carbocycles. The molecule has 0 atom stereocenters. The smallest absolute Gasteiger partial charge is 0.410 e. The highest BCUT2D eigenvalue weighted by molar-refractivity contribution is 5.97. The van der Waals surface area contributed by atoms with Crippen molar-refractivity contribution in [2.75, 3.05) is 30.8 Å². The minimum Gasteiger partial charge on any atom is -0.490 e. The Kier molecular flexibility index (Phi) is 6.47. The quantitative estimate of drug-likeness (QED) is 0.519. The predicted octanol–water partition coefficient (Wildman–Crippen LogP) is 2.47. The summed E-state index contributed by atoms with van der Waals surface area (Å²) < 4.78 is 12.5. The van der Waals surface area contributed by atoms with Crippen LogP contribution < -0.4 is 26.2 Å². The fraction of sp³-hybridized carbons (Fsp3) is 0.538. The first-order valence-corrected chi connectivity index (χ1v) is 13.0. The lowest BCUT2D eigenvalue weighted by Crippen LogP contribution is -2.56. The van der Waals surface area contributed by atoms with Crippen LogP contribution in [0.4, 0.5) is 22.1 Å². The minimum atomic E-state index is -0.983. The first-order chi connectivity index (χ1) is 18.4. The largest absolute Gasteiger partial charge is 0.490 e. The molecular weight excluding hydrogens is 506 g/mol. The van der Waals surface area contributed by atoms with Crippen molar-refractivity contribution in [3.8, 4) is 5.75 Å². The van der Waals surface area contributed by atoms with Crippen molar-refractivity contribution in [1.29, 1.82) is 0 Å². The van der Waals surface area contributed by atoms with Crippen molar-refractivity contribution in [3.05, 3.63) is 34.0 Å².